The lowest BCUT2D eigenvalue weighted by molar-refractivity contribution is 0.0713. The van der Waals surface area contributed by atoms with Crippen LogP contribution in [0.1, 0.15) is 41.1 Å². The zero-order chi connectivity index (χ0) is 20.4. The molecule has 1 fully saturated rings. The van der Waals surface area contributed by atoms with Crippen molar-refractivity contribution in [3.8, 4) is 0 Å². The monoisotopic (exact) mass is 395 g/mol. The maximum atomic E-state index is 14.0. The van der Waals surface area contributed by atoms with Crippen molar-refractivity contribution < 1.29 is 22.8 Å². The summed E-state index contributed by atoms with van der Waals surface area (Å²) in [7, 11) is 0. The SMILES string of the molecule is CC(C)NC(=O)c1cn(C[C@@H]2C[C@H](F)CN2C(=O)c2ccc(F)c(F)c2)nn1. The molecule has 1 saturated heterocycles. The fourth-order valence-corrected chi connectivity index (χ4v) is 3.12. The summed E-state index contributed by atoms with van der Waals surface area (Å²) >= 11 is 0. The average Bonchev–Trinajstić information content (AvgIpc) is 3.23. The van der Waals surface area contributed by atoms with Crippen molar-refractivity contribution in [3.63, 3.8) is 0 Å². The summed E-state index contributed by atoms with van der Waals surface area (Å²) < 4.78 is 41.9. The number of rotatable bonds is 5. The van der Waals surface area contributed by atoms with Gasteiger partial charge in [0, 0.05) is 18.0 Å². The van der Waals surface area contributed by atoms with Crippen molar-refractivity contribution in [1.82, 2.24) is 25.2 Å². The van der Waals surface area contributed by atoms with Crippen molar-refractivity contribution >= 4 is 11.8 Å². The van der Waals surface area contributed by atoms with Crippen LogP contribution in [-0.2, 0) is 6.54 Å². The van der Waals surface area contributed by atoms with Gasteiger partial charge in [0.2, 0.25) is 0 Å². The summed E-state index contributed by atoms with van der Waals surface area (Å²) in [6.45, 7) is 3.59. The quantitative estimate of drug-likeness (QED) is 0.839. The van der Waals surface area contributed by atoms with E-state index in [0.29, 0.717) is 0 Å². The smallest absolute Gasteiger partial charge is 0.273 e. The minimum absolute atomic E-state index is 0.0615. The predicted molar refractivity (Wildman–Crippen MR) is 93.3 cm³/mol. The third-order valence-corrected chi connectivity index (χ3v) is 4.38. The van der Waals surface area contributed by atoms with E-state index < -0.39 is 29.8 Å². The van der Waals surface area contributed by atoms with Crippen LogP contribution in [0.2, 0.25) is 0 Å². The lowest BCUT2D eigenvalue weighted by atomic mass is 10.1. The van der Waals surface area contributed by atoms with Crippen molar-refractivity contribution in [3.05, 3.63) is 47.3 Å². The van der Waals surface area contributed by atoms with Crippen molar-refractivity contribution in [2.45, 2.75) is 45.1 Å². The van der Waals surface area contributed by atoms with E-state index in [1.807, 2.05) is 13.8 Å². The van der Waals surface area contributed by atoms with Gasteiger partial charge >= 0.3 is 0 Å². The molecular weight excluding hydrogens is 375 g/mol. The van der Waals surface area contributed by atoms with Crippen molar-refractivity contribution in [1.29, 1.82) is 0 Å². The molecule has 0 spiro atoms. The Labute approximate surface area is 159 Å². The van der Waals surface area contributed by atoms with Gasteiger partial charge in [0.05, 0.1) is 25.3 Å². The standard InChI is InChI=1S/C18H20F3N5O2/c1-10(2)22-17(27)16-9-25(24-23-16)8-13-6-12(19)7-26(13)18(28)11-3-4-14(20)15(21)5-11/h3-5,9-10,12-13H,6-8H2,1-2H3,(H,22,27)/t12-,13-/m0/s1. The van der Waals surface area contributed by atoms with Gasteiger partial charge in [-0.15, -0.1) is 5.10 Å². The topological polar surface area (TPSA) is 80.1 Å². The Bertz CT molecular complexity index is 886. The molecule has 1 N–H and O–H groups in total. The van der Waals surface area contributed by atoms with Crippen LogP contribution in [0.5, 0.6) is 0 Å². The Morgan fingerprint density at radius 2 is 2.04 bits per heavy atom. The fraction of sp³-hybridized carbons (Fsp3) is 0.444. The molecule has 1 aliphatic heterocycles. The number of carbonyl (C=O) groups excluding carboxylic acids is 2. The van der Waals surface area contributed by atoms with E-state index in [2.05, 4.69) is 15.6 Å². The van der Waals surface area contributed by atoms with Gasteiger partial charge in [-0.25, -0.2) is 17.9 Å². The van der Waals surface area contributed by atoms with Crippen LogP contribution in [0.25, 0.3) is 0 Å². The first kappa shape index (κ1) is 19.8. The van der Waals surface area contributed by atoms with Gasteiger partial charge in [0.1, 0.15) is 6.17 Å². The van der Waals surface area contributed by atoms with E-state index in [1.54, 1.807) is 0 Å². The number of hydrogen-bond donors (Lipinski definition) is 1. The second-order valence-electron chi connectivity index (χ2n) is 7.03. The zero-order valence-electron chi connectivity index (χ0n) is 15.4. The highest BCUT2D eigenvalue weighted by Crippen LogP contribution is 2.24. The lowest BCUT2D eigenvalue weighted by Gasteiger charge is -2.24. The third kappa shape index (κ3) is 4.32. The zero-order valence-corrected chi connectivity index (χ0v) is 15.4. The normalized spacial score (nSPS) is 19.3. The molecule has 0 unspecified atom stereocenters. The van der Waals surface area contributed by atoms with Crippen LogP contribution in [0.4, 0.5) is 13.2 Å². The van der Waals surface area contributed by atoms with Crippen molar-refractivity contribution in [2.24, 2.45) is 0 Å². The molecule has 150 valence electrons. The van der Waals surface area contributed by atoms with Gasteiger partial charge in [0.25, 0.3) is 11.8 Å². The molecule has 2 atom stereocenters. The lowest BCUT2D eigenvalue weighted by Crippen LogP contribution is -2.38. The summed E-state index contributed by atoms with van der Waals surface area (Å²) in [6, 6.07) is 2.19. The largest absolute Gasteiger partial charge is 0.348 e. The minimum atomic E-state index is -1.24. The van der Waals surface area contributed by atoms with Crippen molar-refractivity contribution in [2.75, 3.05) is 6.54 Å². The number of aromatic nitrogens is 3. The van der Waals surface area contributed by atoms with Gasteiger partial charge in [-0.05, 0) is 32.0 Å². The number of benzene rings is 1. The van der Waals surface area contributed by atoms with Crippen LogP contribution in [0.3, 0.4) is 0 Å². The van der Waals surface area contributed by atoms with Gasteiger partial charge in [-0.1, -0.05) is 5.21 Å². The summed E-state index contributed by atoms with van der Waals surface area (Å²) in [5, 5.41) is 10.3. The highest BCUT2D eigenvalue weighted by molar-refractivity contribution is 5.94. The number of nitrogens with zero attached hydrogens (tertiary/aromatic N) is 4. The molecule has 7 nitrogen and oxygen atoms in total. The molecule has 0 radical (unpaired) electrons. The van der Waals surface area contributed by atoms with Crippen LogP contribution in [-0.4, -0.2) is 56.5 Å². The van der Waals surface area contributed by atoms with E-state index in [-0.39, 0.29) is 42.7 Å². The van der Waals surface area contributed by atoms with Gasteiger partial charge in [0.15, 0.2) is 17.3 Å². The molecular formula is C18H20F3N5O2. The molecule has 1 aromatic heterocycles. The number of carbonyl (C=O) groups is 2. The van der Waals surface area contributed by atoms with Crippen LogP contribution in [0.15, 0.2) is 24.4 Å². The summed E-state index contributed by atoms with van der Waals surface area (Å²) in [5.41, 5.74) is 0.0515. The third-order valence-electron chi connectivity index (χ3n) is 4.38. The summed E-state index contributed by atoms with van der Waals surface area (Å²) in [6.07, 6.45) is 0.248. The van der Waals surface area contributed by atoms with E-state index in [9.17, 15) is 22.8 Å². The number of nitrogens with one attached hydrogen (secondary N) is 1. The Morgan fingerprint density at radius 1 is 1.29 bits per heavy atom. The second kappa shape index (κ2) is 7.99. The van der Waals surface area contributed by atoms with E-state index >= 15 is 0 Å². The molecule has 0 saturated carbocycles. The van der Waals surface area contributed by atoms with Gasteiger partial charge in [-0.2, -0.15) is 0 Å². The molecule has 0 aliphatic carbocycles. The number of hydrogen-bond acceptors (Lipinski definition) is 4. The van der Waals surface area contributed by atoms with Crippen LogP contribution in [0, 0.1) is 11.6 Å². The number of amides is 2. The molecule has 2 amide bonds. The highest BCUT2D eigenvalue weighted by atomic mass is 19.2. The molecule has 3 rings (SSSR count). The van der Waals surface area contributed by atoms with E-state index in [4.69, 9.17) is 0 Å². The molecule has 0 bridgehead atoms. The Balaban J connectivity index is 1.74. The second-order valence-corrected chi connectivity index (χ2v) is 7.03. The van der Waals surface area contributed by atoms with Crippen LogP contribution < -0.4 is 5.32 Å². The van der Waals surface area contributed by atoms with Crippen LogP contribution >= 0.6 is 0 Å². The highest BCUT2D eigenvalue weighted by Gasteiger charge is 2.36. The average molecular weight is 395 g/mol. The first-order chi connectivity index (χ1) is 13.2. The molecule has 10 heteroatoms. The van der Waals surface area contributed by atoms with Gasteiger partial charge < -0.3 is 10.2 Å². The Kier molecular flexibility index (Phi) is 5.66. The number of halogens is 3. The maximum Gasteiger partial charge on any atom is 0.273 e. The summed E-state index contributed by atoms with van der Waals surface area (Å²) in [5.74, 6) is -3.18. The number of likely N-dealkylation sites (tertiary alicyclic amines) is 1. The predicted octanol–water partition coefficient (Wildman–Crippen LogP) is 1.95. The molecule has 1 aromatic carbocycles. The molecule has 2 heterocycles. The van der Waals surface area contributed by atoms with Gasteiger partial charge in [-0.3, -0.25) is 9.59 Å². The first-order valence-electron chi connectivity index (χ1n) is 8.85. The Morgan fingerprint density at radius 3 is 2.71 bits per heavy atom. The van der Waals surface area contributed by atoms with E-state index in [1.165, 1.54) is 15.8 Å². The summed E-state index contributed by atoms with van der Waals surface area (Å²) in [4.78, 5) is 25.9. The number of alkyl halides is 1. The fourth-order valence-electron chi connectivity index (χ4n) is 3.12. The Hall–Kier alpha value is -2.91. The van der Waals surface area contributed by atoms with E-state index in [0.717, 1.165) is 18.2 Å². The first-order valence-corrected chi connectivity index (χ1v) is 8.85. The molecule has 28 heavy (non-hydrogen) atoms. The molecule has 1 aliphatic rings. The molecule has 2 aromatic rings. The maximum absolute atomic E-state index is 14.0. The minimum Gasteiger partial charge on any atom is -0.348 e.